The molecule has 0 amide bonds. The van der Waals surface area contributed by atoms with Gasteiger partial charge in [-0.25, -0.2) is 14.3 Å². The maximum Gasteiger partial charge on any atom is 0.355 e. The summed E-state index contributed by atoms with van der Waals surface area (Å²) in [4.78, 5) is 24.8. The minimum absolute atomic E-state index is 0.369. The molecule has 3 aromatic rings. The zero-order valence-electron chi connectivity index (χ0n) is 11.2. The van der Waals surface area contributed by atoms with Crippen molar-refractivity contribution in [3.63, 3.8) is 0 Å². The lowest BCUT2D eigenvalue weighted by molar-refractivity contribution is 0.934. The van der Waals surface area contributed by atoms with Gasteiger partial charge in [0.2, 0.25) is 0 Å². The number of aromatic nitrogens is 4. The highest BCUT2D eigenvalue weighted by atomic mass is 16.1. The lowest BCUT2D eigenvalue weighted by Crippen LogP contribution is -2.23. The van der Waals surface area contributed by atoms with E-state index < -0.39 is 0 Å². The van der Waals surface area contributed by atoms with Crippen LogP contribution < -0.4 is 11.0 Å². The molecule has 3 rings (SSSR count). The van der Waals surface area contributed by atoms with Crippen molar-refractivity contribution in [2.75, 3.05) is 12.4 Å². The smallest absolute Gasteiger partial charge is 0.355 e. The number of fused-ring (bicyclic) bond motifs is 1. The Bertz CT molecular complexity index is 826. The van der Waals surface area contributed by atoms with Crippen LogP contribution in [0.15, 0.2) is 41.5 Å². The van der Waals surface area contributed by atoms with Crippen molar-refractivity contribution in [2.45, 2.75) is 6.92 Å². The molecule has 0 fully saturated rings. The topological polar surface area (TPSA) is 72.7 Å². The van der Waals surface area contributed by atoms with Crippen molar-refractivity contribution in [1.82, 2.24) is 19.5 Å². The number of anilines is 1. The highest BCUT2D eigenvalue weighted by Crippen LogP contribution is 2.20. The molecule has 0 spiro atoms. The molecule has 6 heteroatoms. The van der Waals surface area contributed by atoms with Gasteiger partial charge in [0.15, 0.2) is 5.65 Å². The van der Waals surface area contributed by atoms with Gasteiger partial charge in [-0.3, -0.25) is 4.98 Å². The summed E-state index contributed by atoms with van der Waals surface area (Å²) in [6.07, 6.45) is 3.27. The van der Waals surface area contributed by atoms with Crippen molar-refractivity contribution >= 4 is 16.9 Å². The average Bonchev–Trinajstić information content (AvgIpc) is 2.47. The number of hydrogen-bond donors (Lipinski definition) is 1. The zero-order chi connectivity index (χ0) is 14.1. The van der Waals surface area contributed by atoms with E-state index in [1.165, 1.54) is 4.57 Å². The predicted octanol–water partition coefficient (Wildman–Crippen LogP) is 1.53. The summed E-state index contributed by atoms with van der Waals surface area (Å²) in [6.45, 7) is 1.89. The van der Waals surface area contributed by atoms with Crippen molar-refractivity contribution < 1.29 is 0 Å². The Morgan fingerprint density at radius 3 is 2.55 bits per heavy atom. The largest absolute Gasteiger partial charge is 0.372 e. The number of nitrogens with one attached hydrogen (secondary N) is 1. The minimum Gasteiger partial charge on any atom is -0.372 e. The molecule has 0 aliphatic rings. The molecule has 0 unspecified atom stereocenters. The van der Waals surface area contributed by atoms with Gasteiger partial charge in [0, 0.05) is 25.1 Å². The first kappa shape index (κ1) is 12.3. The Labute approximate surface area is 115 Å². The van der Waals surface area contributed by atoms with Crippen LogP contribution in [0.4, 0.5) is 5.82 Å². The van der Waals surface area contributed by atoms with Crippen LogP contribution in [0.3, 0.4) is 0 Å². The van der Waals surface area contributed by atoms with Crippen LogP contribution in [0, 0.1) is 6.92 Å². The molecule has 0 aliphatic heterocycles. The number of rotatable bonds is 2. The van der Waals surface area contributed by atoms with Crippen LogP contribution in [0.1, 0.15) is 5.69 Å². The summed E-state index contributed by atoms with van der Waals surface area (Å²) < 4.78 is 1.49. The highest BCUT2D eigenvalue weighted by molar-refractivity contribution is 5.87. The Morgan fingerprint density at radius 2 is 1.85 bits per heavy atom. The molecule has 0 saturated heterocycles. The molecule has 0 bridgehead atoms. The van der Waals surface area contributed by atoms with E-state index in [1.54, 1.807) is 31.6 Å². The molecule has 20 heavy (non-hydrogen) atoms. The molecule has 0 aromatic carbocycles. The van der Waals surface area contributed by atoms with Gasteiger partial charge in [0.25, 0.3) is 0 Å². The molecule has 6 nitrogen and oxygen atoms in total. The Balaban J connectivity index is 2.46. The van der Waals surface area contributed by atoms with Gasteiger partial charge in [-0.1, -0.05) is 0 Å². The lowest BCUT2D eigenvalue weighted by atomic mass is 10.2. The molecular weight excluding hydrogens is 254 g/mol. The molecular formula is C14H13N5O. The summed E-state index contributed by atoms with van der Waals surface area (Å²) in [5.41, 5.74) is 1.75. The second kappa shape index (κ2) is 4.73. The summed E-state index contributed by atoms with van der Waals surface area (Å²) in [7, 11) is 1.73. The predicted molar refractivity (Wildman–Crippen MR) is 77.2 cm³/mol. The first-order valence-corrected chi connectivity index (χ1v) is 6.19. The van der Waals surface area contributed by atoms with Gasteiger partial charge < -0.3 is 5.32 Å². The standard InChI is InChI=1S/C14H13N5O/c1-9-3-4-11-12(15-2)18-14(20)19(13(11)17-9)10-5-7-16-8-6-10/h3-8H,1-2H3,(H,15,18,20). The summed E-state index contributed by atoms with van der Waals surface area (Å²) in [6, 6.07) is 7.32. The molecule has 0 aliphatic carbocycles. The molecule has 0 saturated carbocycles. The summed E-state index contributed by atoms with van der Waals surface area (Å²) in [5.74, 6) is 0.530. The third-order valence-electron chi connectivity index (χ3n) is 3.04. The van der Waals surface area contributed by atoms with E-state index in [-0.39, 0.29) is 5.69 Å². The van der Waals surface area contributed by atoms with Crippen molar-refractivity contribution in [3.8, 4) is 5.69 Å². The quantitative estimate of drug-likeness (QED) is 0.762. The summed E-state index contributed by atoms with van der Waals surface area (Å²) in [5, 5.41) is 3.73. The maximum atomic E-state index is 12.3. The fraction of sp³-hybridized carbons (Fsp3) is 0.143. The third kappa shape index (κ3) is 1.91. The SMILES string of the molecule is CNc1nc(=O)n(-c2ccncc2)c2nc(C)ccc12. The van der Waals surface area contributed by atoms with Crippen LogP contribution in [0.2, 0.25) is 0 Å². The monoisotopic (exact) mass is 267 g/mol. The number of aryl methyl sites for hydroxylation is 1. The lowest BCUT2D eigenvalue weighted by Gasteiger charge is -2.11. The molecule has 100 valence electrons. The molecule has 0 atom stereocenters. The third-order valence-corrected chi connectivity index (χ3v) is 3.04. The molecule has 0 radical (unpaired) electrons. The van der Waals surface area contributed by atoms with E-state index in [1.807, 2.05) is 19.1 Å². The van der Waals surface area contributed by atoms with E-state index in [2.05, 4.69) is 20.3 Å². The van der Waals surface area contributed by atoms with Crippen molar-refractivity contribution in [3.05, 3.63) is 52.8 Å². The van der Waals surface area contributed by atoms with E-state index in [0.717, 1.165) is 11.1 Å². The summed E-state index contributed by atoms with van der Waals surface area (Å²) >= 11 is 0. The van der Waals surface area contributed by atoms with Gasteiger partial charge in [-0.2, -0.15) is 4.98 Å². The number of hydrogen-bond acceptors (Lipinski definition) is 5. The van der Waals surface area contributed by atoms with E-state index in [4.69, 9.17) is 0 Å². The van der Waals surface area contributed by atoms with Gasteiger partial charge in [0.05, 0.1) is 11.1 Å². The second-order valence-electron chi connectivity index (χ2n) is 4.36. The van der Waals surface area contributed by atoms with Crippen molar-refractivity contribution in [2.24, 2.45) is 0 Å². The van der Waals surface area contributed by atoms with Crippen LogP contribution in [0.25, 0.3) is 16.7 Å². The number of nitrogens with zero attached hydrogens (tertiary/aromatic N) is 4. The number of pyridine rings is 2. The Morgan fingerprint density at radius 1 is 1.10 bits per heavy atom. The van der Waals surface area contributed by atoms with Gasteiger partial charge in [-0.15, -0.1) is 0 Å². The first-order valence-electron chi connectivity index (χ1n) is 6.19. The fourth-order valence-corrected chi connectivity index (χ4v) is 2.11. The average molecular weight is 267 g/mol. The molecule has 3 aromatic heterocycles. The van der Waals surface area contributed by atoms with Gasteiger partial charge >= 0.3 is 5.69 Å². The molecule has 1 N–H and O–H groups in total. The van der Waals surface area contributed by atoms with Gasteiger partial charge in [0.1, 0.15) is 5.82 Å². The zero-order valence-corrected chi connectivity index (χ0v) is 11.2. The minimum atomic E-state index is -0.369. The fourth-order valence-electron chi connectivity index (χ4n) is 2.11. The normalized spacial score (nSPS) is 10.7. The van der Waals surface area contributed by atoms with Crippen LogP contribution in [-0.2, 0) is 0 Å². The second-order valence-corrected chi connectivity index (χ2v) is 4.36. The van der Waals surface area contributed by atoms with Crippen molar-refractivity contribution in [1.29, 1.82) is 0 Å². The van der Waals surface area contributed by atoms with Gasteiger partial charge in [-0.05, 0) is 31.2 Å². The van der Waals surface area contributed by atoms with E-state index >= 15 is 0 Å². The molecule has 3 heterocycles. The van der Waals surface area contributed by atoms with Crippen LogP contribution in [0.5, 0.6) is 0 Å². The first-order chi connectivity index (χ1) is 9.70. The highest BCUT2D eigenvalue weighted by Gasteiger charge is 2.12. The maximum absolute atomic E-state index is 12.3. The van der Waals surface area contributed by atoms with E-state index in [9.17, 15) is 4.79 Å². The van der Waals surface area contributed by atoms with Crippen LogP contribution >= 0.6 is 0 Å². The van der Waals surface area contributed by atoms with Crippen LogP contribution in [-0.4, -0.2) is 26.6 Å². The van der Waals surface area contributed by atoms with E-state index in [0.29, 0.717) is 17.2 Å². The Hall–Kier alpha value is -2.76. The Kier molecular flexibility index (Phi) is 2.90.